The molecule has 0 radical (unpaired) electrons. The van der Waals surface area contributed by atoms with Gasteiger partial charge in [0.1, 0.15) is 17.2 Å². The predicted octanol–water partition coefficient (Wildman–Crippen LogP) is 7.50. The molecule has 4 aromatic carbocycles. The smallest absolute Gasteiger partial charge is 0.272 e. The number of amides is 3. The summed E-state index contributed by atoms with van der Waals surface area (Å²) in [5.41, 5.74) is 3.30. The van der Waals surface area contributed by atoms with Crippen molar-refractivity contribution in [2.45, 2.75) is 64.3 Å². The Labute approximate surface area is 318 Å². The van der Waals surface area contributed by atoms with Crippen LogP contribution in [0.4, 0.5) is 0 Å². The third-order valence-electron chi connectivity index (χ3n) is 9.41. The van der Waals surface area contributed by atoms with Crippen molar-refractivity contribution < 1.29 is 22.8 Å². The maximum absolute atomic E-state index is 14.5. The normalized spacial score (nSPS) is 12.8. The summed E-state index contributed by atoms with van der Waals surface area (Å²) in [4.78, 5) is 53.6. The number of H-pyrrole nitrogens is 1. The Hall–Kier alpha value is -4.56. The lowest BCUT2D eigenvalue weighted by atomic mass is 9.96. The van der Waals surface area contributed by atoms with Gasteiger partial charge in [-0.3, -0.25) is 14.4 Å². The largest absolute Gasteiger partial charge is 0.338 e. The molecular formula is C40H42IN5O5S. The van der Waals surface area contributed by atoms with Crippen LogP contribution in [0.2, 0.25) is 0 Å². The molecule has 0 aliphatic carbocycles. The van der Waals surface area contributed by atoms with Crippen molar-refractivity contribution in [1.82, 2.24) is 24.5 Å². The molecule has 0 bridgehead atoms. The Kier molecular flexibility index (Phi) is 11.4. The summed E-state index contributed by atoms with van der Waals surface area (Å²) in [6.07, 6.45) is 4.23. The van der Waals surface area contributed by atoms with Gasteiger partial charge in [0.25, 0.3) is 27.7 Å². The molecule has 0 fully saturated rings. The van der Waals surface area contributed by atoms with Crippen LogP contribution in [0.15, 0.2) is 83.8 Å². The van der Waals surface area contributed by atoms with Gasteiger partial charge in [0, 0.05) is 46.4 Å². The van der Waals surface area contributed by atoms with Crippen LogP contribution < -0.4 is 4.72 Å². The molecule has 0 atom stereocenters. The number of hydrogen-bond acceptors (Lipinski definition) is 6. The second kappa shape index (κ2) is 16.0. The zero-order chi connectivity index (χ0) is 37.0. The number of unbranched alkanes of at least 4 members (excludes halogenated alkanes) is 2. The van der Waals surface area contributed by atoms with Gasteiger partial charge < -0.3 is 14.8 Å². The summed E-state index contributed by atoms with van der Waals surface area (Å²) >= 11 is 2.15. The zero-order valence-electron chi connectivity index (χ0n) is 29.5. The summed E-state index contributed by atoms with van der Waals surface area (Å²) in [6, 6.07) is 22.8. The zero-order valence-corrected chi connectivity index (χ0v) is 32.5. The van der Waals surface area contributed by atoms with Gasteiger partial charge in [-0.25, -0.2) is 18.1 Å². The minimum Gasteiger partial charge on any atom is -0.338 e. The standard InChI is InChI=1S/C40H42IN5O5S/c1-4-6-20-45(21-7-5-2)40(49)37-36(42-26(3)43-37)32-18-16-29(23-34(32)39(48)46-22-19-27-11-8-9-12-30(27)25-46)38(47)44-52(50,51)31-17-15-28-13-10-14-35(41)33(28)24-31/h8-18,23-24H,4-7,19-22,25H2,1-3H3,(H,42,43)(H,44,47). The van der Waals surface area contributed by atoms with Gasteiger partial charge in [0.15, 0.2) is 0 Å². The summed E-state index contributed by atoms with van der Waals surface area (Å²) in [5, 5.41) is 1.63. The summed E-state index contributed by atoms with van der Waals surface area (Å²) < 4.78 is 30.1. The molecule has 0 saturated heterocycles. The fourth-order valence-electron chi connectivity index (χ4n) is 6.54. The van der Waals surface area contributed by atoms with Gasteiger partial charge in [0.2, 0.25) is 0 Å². The number of aromatic amines is 1. The second-order valence-electron chi connectivity index (χ2n) is 13.1. The number of carbonyl (C=O) groups excluding carboxylic acids is 3. The highest BCUT2D eigenvalue weighted by atomic mass is 127. The summed E-state index contributed by atoms with van der Waals surface area (Å²) in [5.74, 6) is -0.931. The van der Waals surface area contributed by atoms with Crippen molar-refractivity contribution in [3.8, 4) is 11.3 Å². The van der Waals surface area contributed by atoms with Crippen LogP contribution in [-0.4, -0.2) is 65.5 Å². The first-order chi connectivity index (χ1) is 25.0. The number of nitrogens with zero attached hydrogens (tertiary/aromatic N) is 3. The number of nitrogens with one attached hydrogen (secondary N) is 2. The first-order valence-corrected chi connectivity index (χ1v) is 20.2. The van der Waals surface area contributed by atoms with E-state index in [1.165, 1.54) is 23.8 Å². The molecule has 6 rings (SSSR count). The van der Waals surface area contributed by atoms with E-state index in [-0.39, 0.29) is 33.5 Å². The van der Waals surface area contributed by atoms with Gasteiger partial charge in [-0.1, -0.05) is 75.2 Å². The number of rotatable bonds is 12. The first-order valence-electron chi connectivity index (χ1n) is 17.6. The molecule has 12 heteroatoms. The van der Waals surface area contributed by atoms with E-state index in [4.69, 9.17) is 4.98 Å². The Morgan fingerprint density at radius 1 is 0.923 bits per heavy atom. The molecule has 3 amide bonds. The third-order valence-corrected chi connectivity index (χ3v) is 11.7. The lowest BCUT2D eigenvalue weighted by Crippen LogP contribution is -2.36. The van der Waals surface area contributed by atoms with E-state index >= 15 is 0 Å². The van der Waals surface area contributed by atoms with Crippen molar-refractivity contribution >= 4 is 61.1 Å². The quantitative estimate of drug-likeness (QED) is 0.125. The molecule has 1 aliphatic rings. The van der Waals surface area contributed by atoms with E-state index in [1.54, 1.807) is 30.0 Å². The molecule has 52 heavy (non-hydrogen) atoms. The van der Waals surface area contributed by atoms with Crippen LogP contribution in [-0.2, 0) is 23.0 Å². The van der Waals surface area contributed by atoms with E-state index in [1.807, 2.05) is 41.3 Å². The van der Waals surface area contributed by atoms with Crippen molar-refractivity contribution in [1.29, 1.82) is 0 Å². The SMILES string of the molecule is CCCCN(CCCC)C(=O)c1[nH]c(C)nc1-c1ccc(C(=O)NS(=O)(=O)c2ccc3cccc(I)c3c2)cc1C(=O)N1CCc2ccccc2C1. The van der Waals surface area contributed by atoms with Crippen molar-refractivity contribution in [3.05, 3.63) is 116 Å². The Morgan fingerprint density at radius 3 is 2.38 bits per heavy atom. The van der Waals surface area contributed by atoms with E-state index < -0.39 is 15.9 Å². The van der Waals surface area contributed by atoms with Crippen molar-refractivity contribution in [2.75, 3.05) is 19.6 Å². The topological polar surface area (TPSA) is 133 Å². The highest BCUT2D eigenvalue weighted by molar-refractivity contribution is 14.1. The Bertz CT molecular complexity index is 2260. The monoisotopic (exact) mass is 831 g/mol. The fourth-order valence-corrected chi connectivity index (χ4v) is 8.22. The number of imidazole rings is 1. The molecular weight excluding hydrogens is 789 g/mol. The maximum Gasteiger partial charge on any atom is 0.272 e. The number of sulfonamides is 1. The van der Waals surface area contributed by atoms with Crippen LogP contribution in [0.1, 0.15) is 87.7 Å². The minimum absolute atomic E-state index is 0.0175. The van der Waals surface area contributed by atoms with Crippen LogP contribution in [0.3, 0.4) is 0 Å². The van der Waals surface area contributed by atoms with Crippen molar-refractivity contribution in [3.63, 3.8) is 0 Å². The van der Waals surface area contributed by atoms with Crippen molar-refractivity contribution in [2.24, 2.45) is 0 Å². The highest BCUT2D eigenvalue weighted by Crippen LogP contribution is 2.31. The van der Waals surface area contributed by atoms with E-state index in [0.717, 1.165) is 45.6 Å². The molecule has 2 N–H and O–H groups in total. The third kappa shape index (κ3) is 7.92. The number of fused-ring (bicyclic) bond motifs is 2. The van der Waals surface area contributed by atoms with Gasteiger partial charge in [-0.05, 0) is 101 Å². The van der Waals surface area contributed by atoms with E-state index in [0.29, 0.717) is 49.7 Å². The Balaban J connectivity index is 1.39. The average molecular weight is 832 g/mol. The van der Waals surface area contributed by atoms with Gasteiger partial charge in [-0.15, -0.1) is 0 Å². The molecule has 10 nitrogen and oxygen atoms in total. The van der Waals surface area contributed by atoms with Crippen LogP contribution in [0.5, 0.6) is 0 Å². The number of halogens is 1. The number of aryl methyl sites for hydroxylation is 1. The molecule has 0 unspecified atom stereocenters. The number of aromatic nitrogens is 2. The second-order valence-corrected chi connectivity index (χ2v) is 16.0. The molecule has 2 heterocycles. The van der Waals surface area contributed by atoms with Gasteiger partial charge in [-0.2, -0.15) is 0 Å². The first kappa shape index (κ1) is 37.2. The molecule has 270 valence electrons. The average Bonchev–Trinajstić information content (AvgIpc) is 3.54. The van der Waals surface area contributed by atoms with E-state index in [2.05, 4.69) is 52.2 Å². The number of benzene rings is 4. The Morgan fingerprint density at radius 2 is 1.65 bits per heavy atom. The molecule has 5 aromatic rings. The van der Waals surface area contributed by atoms with Gasteiger partial charge >= 0.3 is 0 Å². The lowest BCUT2D eigenvalue weighted by molar-refractivity contribution is 0.0729. The summed E-state index contributed by atoms with van der Waals surface area (Å²) in [7, 11) is -4.27. The molecule has 0 spiro atoms. The number of carbonyl (C=O) groups is 3. The highest BCUT2D eigenvalue weighted by Gasteiger charge is 2.30. The molecule has 1 aliphatic heterocycles. The van der Waals surface area contributed by atoms with Crippen LogP contribution in [0.25, 0.3) is 22.0 Å². The van der Waals surface area contributed by atoms with Crippen LogP contribution in [0, 0.1) is 10.5 Å². The van der Waals surface area contributed by atoms with Gasteiger partial charge in [0.05, 0.1) is 4.90 Å². The lowest BCUT2D eigenvalue weighted by Gasteiger charge is -2.29. The maximum atomic E-state index is 14.5. The summed E-state index contributed by atoms with van der Waals surface area (Å²) in [6.45, 7) is 7.92. The predicted molar refractivity (Wildman–Crippen MR) is 211 cm³/mol. The number of hydrogen-bond donors (Lipinski definition) is 2. The fraction of sp³-hybridized carbons (Fsp3) is 0.300. The molecule has 1 aromatic heterocycles. The van der Waals surface area contributed by atoms with E-state index in [9.17, 15) is 22.8 Å². The van der Waals surface area contributed by atoms with Crippen LogP contribution >= 0.6 is 22.6 Å². The molecule has 0 saturated carbocycles. The minimum atomic E-state index is -4.27.